The van der Waals surface area contributed by atoms with Crippen LogP contribution in [0.4, 0.5) is 0 Å². The SMILES string of the molecule is CCC[NH+](C)CCCCCc1ccccc1.[Cl-]. The lowest BCUT2D eigenvalue weighted by molar-refractivity contribution is -0.879. The molecule has 0 saturated carbocycles. The Morgan fingerprint density at radius 3 is 2.29 bits per heavy atom. The van der Waals surface area contributed by atoms with Crippen LogP contribution in [0.25, 0.3) is 0 Å². The highest BCUT2D eigenvalue weighted by molar-refractivity contribution is 5.14. The molecule has 1 atom stereocenters. The van der Waals surface area contributed by atoms with Crippen LogP contribution in [0.3, 0.4) is 0 Å². The molecule has 98 valence electrons. The van der Waals surface area contributed by atoms with Crippen molar-refractivity contribution in [2.24, 2.45) is 0 Å². The van der Waals surface area contributed by atoms with E-state index in [4.69, 9.17) is 0 Å². The third kappa shape index (κ3) is 8.23. The van der Waals surface area contributed by atoms with Crippen molar-refractivity contribution >= 4 is 0 Å². The predicted molar refractivity (Wildman–Crippen MR) is 70.9 cm³/mol. The molecule has 0 heterocycles. The van der Waals surface area contributed by atoms with E-state index in [1.807, 2.05) is 0 Å². The fraction of sp³-hybridized carbons (Fsp3) is 0.600. The minimum Gasteiger partial charge on any atom is -1.00 e. The Bertz CT molecular complexity index is 261. The molecule has 1 aromatic rings. The summed E-state index contributed by atoms with van der Waals surface area (Å²) in [4.78, 5) is 1.68. The van der Waals surface area contributed by atoms with E-state index < -0.39 is 0 Å². The van der Waals surface area contributed by atoms with Crippen LogP contribution < -0.4 is 17.3 Å². The van der Waals surface area contributed by atoms with Gasteiger partial charge in [0.05, 0.1) is 20.1 Å². The predicted octanol–water partition coefficient (Wildman–Crippen LogP) is -0.672. The number of benzene rings is 1. The Kier molecular flexibility index (Phi) is 10.3. The lowest BCUT2D eigenvalue weighted by Gasteiger charge is -2.12. The monoisotopic (exact) mass is 255 g/mol. The van der Waals surface area contributed by atoms with Gasteiger partial charge < -0.3 is 17.3 Å². The lowest BCUT2D eigenvalue weighted by atomic mass is 10.1. The normalized spacial score (nSPS) is 11.9. The molecule has 0 spiro atoms. The Morgan fingerprint density at radius 1 is 0.941 bits per heavy atom. The zero-order chi connectivity index (χ0) is 11.6. The molecule has 0 aromatic heterocycles. The van der Waals surface area contributed by atoms with Gasteiger partial charge in [-0.05, 0) is 37.7 Å². The average molecular weight is 256 g/mol. The second kappa shape index (κ2) is 10.6. The smallest absolute Gasteiger partial charge is 0.0768 e. The highest BCUT2D eigenvalue weighted by atomic mass is 35.5. The van der Waals surface area contributed by atoms with Crippen molar-refractivity contribution in [1.29, 1.82) is 0 Å². The second-order valence-corrected chi connectivity index (χ2v) is 4.75. The first-order chi connectivity index (χ1) is 7.83. The van der Waals surface area contributed by atoms with E-state index in [9.17, 15) is 0 Å². The molecule has 0 aliphatic carbocycles. The standard InChI is InChI=1S/C15H25N.ClH/c1-3-13-16(2)14-9-5-8-12-15-10-6-4-7-11-15;/h4,6-7,10-11H,3,5,8-9,12-14H2,1-2H3;1H. The van der Waals surface area contributed by atoms with Crippen molar-refractivity contribution in [3.8, 4) is 0 Å². The molecular weight excluding hydrogens is 230 g/mol. The molecule has 2 heteroatoms. The minimum atomic E-state index is 0. The molecule has 1 aromatic carbocycles. The number of quaternary nitrogens is 1. The van der Waals surface area contributed by atoms with E-state index in [1.54, 1.807) is 4.90 Å². The fourth-order valence-corrected chi connectivity index (χ4v) is 2.13. The molecule has 1 N–H and O–H groups in total. The van der Waals surface area contributed by atoms with Crippen LogP contribution in [0.15, 0.2) is 30.3 Å². The van der Waals surface area contributed by atoms with E-state index in [0.717, 1.165) is 0 Å². The van der Waals surface area contributed by atoms with Crippen molar-refractivity contribution in [3.05, 3.63) is 35.9 Å². The minimum absolute atomic E-state index is 0. The molecule has 0 bridgehead atoms. The van der Waals surface area contributed by atoms with E-state index in [-0.39, 0.29) is 12.4 Å². The summed E-state index contributed by atoms with van der Waals surface area (Å²) in [6.45, 7) is 4.92. The summed E-state index contributed by atoms with van der Waals surface area (Å²) in [7, 11) is 2.31. The Hall–Kier alpha value is -0.530. The van der Waals surface area contributed by atoms with Crippen LogP contribution >= 0.6 is 0 Å². The zero-order valence-electron chi connectivity index (χ0n) is 11.2. The number of unbranched alkanes of at least 4 members (excludes halogenated alkanes) is 2. The first kappa shape index (κ1) is 16.5. The second-order valence-electron chi connectivity index (χ2n) is 4.75. The Balaban J connectivity index is 0.00000256. The van der Waals surface area contributed by atoms with E-state index in [2.05, 4.69) is 44.3 Å². The average Bonchev–Trinajstić information content (AvgIpc) is 2.30. The molecule has 0 amide bonds. The molecule has 0 aliphatic heterocycles. The maximum atomic E-state index is 2.31. The van der Waals surface area contributed by atoms with Gasteiger partial charge in [0.25, 0.3) is 0 Å². The Labute approximate surface area is 113 Å². The maximum absolute atomic E-state index is 2.31. The van der Waals surface area contributed by atoms with Crippen molar-refractivity contribution in [1.82, 2.24) is 0 Å². The number of halogens is 1. The van der Waals surface area contributed by atoms with E-state index >= 15 is 0 Å². The number of aryl methyl sites for hydroxylation is 1. The summed E-state index contributed by atoms with van der Waals surface area (Å²) >= 11 is 0. The summed E-state index contributed by atoms with van der Waals surface area (Å²) in [5, 5.41) is 0. The van der Waals surface area contributed by atoms with Gasteiger partial charge in [0, 0.05) is 0 Å². The molecule has 1 nitrogen and oxygen atoms in total. The van der Waals surface area contributed by atoms with Crippen molar-refractivity contribution in [2.75, 3.05) is 20.1 Å². The first-order valence-corrected chi connectivity index (χ1v) is 6.68. The molecule has 17 heavy (non-hydrogen) atoms. The summed E-state index contributed by atoms with van der Waals surface area (Å²) < 4.78 is 0. The van der Waals surface area contributed by atoms with E-state index in [0.29, 0.717) is 0 Å². The number of hydrogen-bond acceptors (Lipinski definition) is 0. The van der Waals surface area contributed by atoms with Crippen molar-refractivity contribution in [2.45, 2.75) is 39.0 Å². The van der Waals surface area contributed by atoms with Gasteiger partial charge in [-0.3, -0.25) is 0 Å². The molecule has 0 radical (unpaired) electrons. The maximum Gasteiger partial charge on any atom is 0.0768 e. The van der Waals surface area contributed by atoms with Crippen molar-refractivity contribution in [3.63, 3.8) is 0 Å². The largest absolute Gasteiger partial charge is 1.00 e. The number of rotatable bonds is 8. The number of hydrogen-bond donors (Lipinski definition) is 1. The van der Waals surface area contributed by atoms with Crippen LogP contribution in [0, 0.1) is 0 Å². The van der Waals surface area contributed by atoms with Crippen LogP contribution in [0.1, 0.15) is 38.2 Å². The van der Waals surface area contributed by atoms with E-state index in [1.165, 1.54) is 50.8 Å². The molecular formula is C15H26ClN. The van der Waals surface area contributed by atoms with Gasteiger partial charge in [-0.25, -0.2) is 0 Å². The van der Waals surface area contributed by atoms with Gasteiger partial charge in [0.15, 0.2) is 0 Å². The number of nitrogens with one attached hydrogen (secondary N) is 1. The highest BCUT2D eigenvalue weighted by Crippen LogP contribution is 2.05. The molecule has 0 saturated heterocycles. The van der Waals surface area contributed by atoms with Gasteiger partial charge in [-0.1, -0.05) is 37.3 Å². The molecule has 0 fully saturated rings. The van der Waals surface area contributed by atoms with Gasteiger partial charge in [-0.2, -0.15) is 0 Å². The summed E-state index contributed by atoms with van der Waals surface area (Å²) in [6, 6.07) is 10.8. The fourth-order valence-electron chi connectivity index (χ4n) is 2.13. The van der Waals surface area contributed by atoms with Gasteiger partial charge in [0.2, 0.25) is 0 Å². The molecule has 0 aliphatic rings. The quantitative estimate of drug-likeness (QED) is 0.588. The lowest BCUT2D eigenvalue weighted by Crippen LogP contribution is -3.08. The Morgan fingerprint density at radius 2 is 1.65 bits per heavy atom. The first-order valence-electron chi connectivity index (χ1n) is 6.68. The van der Waals surface area contributed by atoms with Gasteiger partial charge in [-0.15, -0.1) is 0 Å². The highest BCUT2D eigenvalue weighted by Gasteiger charge is 1.99. The van der Waals surface area contributed by atoms with Crippen LogP contribution in [0.5, 0.6) is 0 Å². The topological polar surface area (TPSA) is 4.44 Å². The van der Waals surface area contributed by atoms with Crippen LogP contribution in [-0.2, 0) is 6.42 Å². The van der Waals surface area contributed by atoms with Crippen molar-refractivity contribution < 1.29 is 17.3 Å². The molecule has 1 rings (SSSR count). The third-order valence-electron chi connectivity index (χ3n) is 3.09. The van der Waals surface area contributed by atoms with Crippen LogP contribution in [0.2, 0.25) is 0 Å². The summed E-state index contributed by atoms with van der Waals surface area (Å²) in [6.07, 6.45) is 6.63. The van der Waals surface area contributed by atoms with Gasteiger partial charge >= 0.3 is 0 Å². The van der Waals surface area contributed by atoms with Crippen LogP contribution in [-0.4, -0.2) is 20.1 Å². The molecule has 1 unspecified atom stereocenters. The summed E-state index contributed by atoms with van der Waals surface area (Å²) in [5.74, 6) is 0. The van der Waals surface area contributed by atoms with Gasteiger partial charge in [0.1, 0.15) is 0 Å². The third-order valence-corrected chi connectivity index (χ3v) is 3.09. The summed E-state index contributed by atoms with van der Waals surface area (Å²) in [5.41, 5.74) is 1.48. The zero-order valence-corrected chi connectivity index (χ0v) is 12.0.